The van der Waals surface area contributed by atoms with Crippen molar-refractivity contribution in [3.8, 4) is 0 Å². The Labute approximate surface area is 101 Å². The molecule has 1 unspecified atom stereocenters. The second-order valence-corrected chi connectivity index (χ2v) is 4.00. The highest BCUT2D eigenvalue weighted by molar-refractivity contribution is 5.32. The van der Waals surface area contributed by atoms with Gasteiger partial charge in [-0.05, 0) is 32.2 Å². The first-order valence-electron chi connectivity index (χ1n) is 5.56. The van der Waals surface area contributed by atoms with Crippen molar-refractivity contribution in [1.29, 1.82) is 0 Å². The summed E-state index contributed by atoms with van der Waals surface area (Å²) >= 11 is 0. The lowest BCUT2D eigenvalue weighted by molar-refractivity contribution is 0.570. The van der Waals surface area contributed by atoms with Crippen LogP contribution in [0.2, 0.25) is 0 Å². The molecule has 88 valence electrons. The smallest absolute Gasteiger partial charge is 0.128 e. The van der Waals surface area contributed by atoms with Gasteiger partial charge in [-0.15, -0.1) is 0 Å². The van der Waals surface area contributed by atoms with Crippen LogP contribution in [0.15, 0.2) is 42.6 Å². The quantitative estimate of drug-likeness (QED) is 0.877. The maximum Gasteiger partial charge on any atom is 0.128 e. The van der Waals surface area contributed by atoms with Gasteiger partial charge in [-0.25, -0.2) is 4.39 Å². The van der Waals surface area contributed by atoms with Crippen molar-refractivity contribution in [3.63, 3.8) is 0 Å². The summed E-state index contributed by atoms with van der Waals surface area (Å²) in [7, 11) is 1.81. The molecule has 0 saturated carbocycles. The first-order valence-corrected chi connectivity index (χ1v) is 5.56. The Hall–Kier alpha value is -1.74. The van der Waals surface area contributed by atoms with E-state index in [4.69, 9.17) is 0 Å². The van der Waals surface area contributed by atoms with Gasteiger partial charge in [0.1, 0.15) is 5.82 Å². The molecule has 2 rings (SSSR count). The number of halogens is 1. The van der Waals surface area contributed by atoms with E-state index in [1.807, 2.05) is 31.2 Å². The van der Waals surface area contributed by atoms with Crippen LogP contribution in [0.25, 0.3) is 0 Å². The van der Waals surface area contributed by atoms with Gasteiger partial charge >= 0.3 is 0 Å². The van der Waals surface area contributed by atoms with Gasteiger partial charge in [-0.3, -0.25) is 4.98 Å². The molecule has 0 fully saturated rings. The molecule has 0 spiro atoms. The molecule has 1 N–H and O–H groups in total. The number of nitrogens with zero attached hydrogens (tertiary/aromatic N) is 1. The molecule has 1 heterocycles. The third-order valence-electron chi connectivity index (χ3n) is 2.73. The lowest BCUT2D eigenvalue weighted by Gasteiger charge is -2.17. The van der Waals surface area contributed by atoms with Crippen molar-refractivity contribution in [2.75, 3.05) is 7.05 Å². The Kier molecular flexibility index (Phi) is 3.49. The van der Waals surface area contributed by atoms with Crippen LogP contribution in [-0.2, 0) is 0 Å². The summed E-state index contributed by atoms with van der Waals surface area (Å²) in [4.78, 5) is 4.27. The second kappa shape index (κ2) is 5.06. The predicted molar refractivity (Wildman–Crippen MR) is 66.3 cm³/mol. The number of benzene rings is 1. The minimum absolute atomic E-state index is 0.208. The van der Waals surface area contributed by atoms with E-state index in [-0.39, 0.29) is 11.9 Å². The summed E-state index contributed by atoms with van der Waals surface area (Å²) in [5, 5.41) is 3.10. The third-order valence-corrected chi connectivity index (χ3v) is 2.73. The minimum atomic E-state index is -0.212. The summed E-state index contributed by atoms with van der Waals surface area (Å²) in [6, 6.07) is 10.6. The van der Waals surface area contributed by atoms with E-state index in [0.717, 1.165) is 11.3 Å². The predicted octanol–water partition coefficient (Wildman–Crippen LogP) is 2.84. The fourth-order valence-electron chi connectivity index (χ4n) is 1.89. The summed E-state index contributed by atoms with van der Waals surface area (Å²) < 4.78 is 13.8. The Morgan fingerprint density at radius 1 is 1.24 bits per heavy atom. The Bertz CT molecular complexity index is 497. The first-order chi connectivity index (χ1) is 8.22. The van der Waals surface area contributed by atoms with E-state index < -0.39 is 0 Å². The van der Waals surface area contributed by atoms with Crippen LogP contribution in [0, 0.1) is 12.7 Å². The molecule has 0 amide bonds. The molecular formula is C14H15FN2. The number of aromatic nitrogens is 1. The maximum atomic E-state index is 13.8. The molecule has 0 bridgehead atoms. The number of pyridine rings is 1. The number of hydrogen-bond donors (Lipinski definition) is 1. The summed E-state index contributed by atoms with van der Waals surface area (Å²) in [6.45, 7) is 1.95. The van der Waals surface area contributed by atoms with Gasteiger partial charge in [0, 0.05) is 11.8 Å². The Morgan fingerprint density at radius 2 is 2.06 bits per heavy atom. The van der Waals surface area contributed by atoms with Crippen LogP contribution < -0.4 is 5.32 Å². The SMILES string of the molecule is CNC(c1ccccn1)c1cc(C)ccc1F. The topological polar surface area (TPSA) is 24.9 Å². The summed E-state index contributed by atoms with van der Waals surface area (Å²) in [5.74, 6) is -0.208. The second-order valence-electron chi connectivity index (χ2n) is 4.00. The molecule has 1 aromatic carbocycles. The zero-order valence-corrected chi connectivity index (χ0v) is 9.94. The molecule has 0 aliphatic rings. The van der Waals surface area contributed by atoms with Crippen LogP contribution in [0.5, 0.6) is 0 Å². The van der Waals surface area contributed by atoms with Crippen molar-refractivity contribution in [3.05, 3.63) is 65.2 Å². The molecule has 3 heteroatoms. The standard InChI is InChI=1S/C14H15FN2/c1-10-6-7-12(15)11(9-10)14(16-2)13-5-3-4-8-17-13/h3-9,14,16H,1-2H3. The molecular weight excluding hydrogens is 215 g/mol. The van der Waals surface area contributed by atoms with Crippen molar-refractivity contribution in [2.45, 2.75) is 13.0 Å². The maximum absolute atomic E-state index is 13.8. The van der Waals surface area contributed by atoms with E-state index in [2.05, 4.69) is 10.3 Å². The highest BCUT2D eigenvalue weighted by Gasteiger charge is 2.16. The minimum Gasteiger partial charge on any atom is -0.308 e. The van der Waals surface area contributed by atoms with Gasteiger partial charge in [-0.2, -0.15) is 0 Å². The molecule has 17 heavy (non-hydrogen) atoms. The Morgan fingerprint density at radius 3 is 2.71 bits per heavy atom. The van der Waals surface area contributed by atoms with Crippen LogP contribution >= 0.6 is 0 Å². The fraction of sp³-hybridized carbons (Fsp3) is 0.214. The fourth-order valence-corrected chi connectivity index (χ4v) is 1.89. The Balaban J connectivity index is 2.46. The van der Waals surface area contributed by atoms with Crippen molar-refractivity contribution >= 4 is 0 Å². The molecule has 0 radical (unpaired) electrons. The highest BCUT2D eigenvalue weighted by Crippen LogP contribution is 2.23. The zero-order valence-electron chi connectivity index (χ0n) is 9.94. The highest BCUT2D eigenvalue weighted by atomic mass is 19.1. The largest absolute Gasteiger partial charge is 0.308 e. The van der Waals surface area contributed by atoms with Crippen molar-refractivity contribution < 1.29 is 4.39 Å². The average Bonchev–Trinajstić information content (AvgIpc) is 2.36. The lowest BCUT2D eigenvalue weighted by atomic mass is 10.0. The number of rotatable bonds is 3. The van der Waals surface area contributed by atoms with Crippen LogP contribution in [0.4, 0.5) is 4.39 Å². The van der Waals surface area contributed by atoms with Gasteiger partial charge in [0.15, 0.2) is 0 Å². The normalized spacial score (nSPS) is 12.4. The van der Waals surface area contributed by atoms with Crippen molar-refractivity contribution in [2.24, 2.45) is 0 Å². The van der Waals surface area contributed by atoms with Gasteiger partial charge < -0.3 is 5.32 Å². The molecule has 2 aromatic rings. The van der Waals surface area contributed by atoms with Crippen molar-refractivity contribution in [1.82, 2.24) is 10.3 Å². The number of nitrogens with one attached hydrogen (secondary N) is 1. The molecule has 0 aliphatic heterocycles. The molecule has 2 nitrogen and oxygen atoms in total. The first kappa shape index (κ1) is 11.7. The molecule has 0 saturated heterocycles. The molecule has 1 atom stereocenters. The van der Waals surface area contributed by atoms with E-state index in [1.54, 1.807) is 19.3 Å². The lowest BCUT2D eigenvalue weighted by Crippen LogP contribution is -2.20. The van der Waals surface area contributed by atoms with E-state index in [0.29, 0.717) is 5.56 Å². The zero-order chi connectivity index (χ0) is 12.3. The van der Waals surface area contributed by atoms with Gasteiger partial charge in [-0.1, -0.05) is 23.8 Å². The monoisotopic (exact) mass is 230 g/mol. The summed E-state index contributed by atoms with van der Waals surface area (Å²) in [6.07, 6.45) is 1.72. The van der Waals surface area contributed by atoms with E-state index >= 15 is 0 Å². The average molecular weight is 230 g/mol. The van der Waals surface area contributed by atoms with Crippen LogP contribution in [0.1, 0.15) is 22.9 Å². The van der Waals surface area contributed by atoms with Gasteiger partial charge in [0.05, 0.1) is 11.7 Å². The van der Waals surface area contributed by atoms with Gasteiger partial charge in [0.2, 0.25) is 0 Å². The van der Waals surface area contributed by atoms with Gasteiger partial charge in [0.25, 0.3) is 0 Å². The third kappa shape index (κ3) is 2.50. The summed E-state index contributed by atoms with van der Waals surface area (Å²) in [5.41, 5.74) is 2.49. The molecule has 1 aromatic heterocycles. The number of hydrogen-bond acceptors (Lipinski definition) is 2. The number of aryl methyl sites for hydroxylation is 1. The van der Waals surface area contributed by atoms with E-state index in [1.165, 1.54) is 6.07 Å². The molecule has 0 aliphatic carbocycles. The van der Waals surface area contributed by atoms with E-state index in [9.17, 15) is 4.39 Å². The van der Waals surface area contributed by atoms with Crippen LogP contribution in [-0.4, -0.2) is 12.0 Å². The van der Waals surface area contributed by atoms with Crippen LogP contribution in [0.3, 0.4) is 0 Å².